The zero-order chi connectivity index (χ0) is 24.0. The Kier molecular flexibility index (Phi) is 8.35. The third-order valence-electron chi connectivity index (χ3n) is 6.48. The number of amides is 1. The fourth-order valence-electron chi connectivity index (χ4n) is 4.60. The first-order valence-corrected chi connectivity index (χ1v) is 11.8. The number of ether oxygens (including phenoxy) is 1. The molecule has 0 aliphatic heterocycles. The van der Waals surface area contributed by atoms with Gasteiger partial charge in [0.05, 0.1) is 0 Å². The topological polar surface area (TPSA) is 75.6 Å². The van der Waals surface area contributed by atoms with Crippen molar-refractivity contribution < 1.29 is 23.8 Å². The van der Waals surface area contributed by atoms with Crippen LogP contribution >= 0.6 is 11.6 Å². The summed E-state index contributed by atoms with van der Waals surface area (Å²) in [4.78, 5) is 24.7. The van der Waals surface area contributed by atoms with E-state index in [1.165, 1.54) is 12.1 Å². The number of carboxylic acids is 1. The number of carbonyl (C=O) groups excluding carboxylic acids is 1. The lowest BCUT2D eigenvalue weighted by atomic mass is 9.76. The molecule has 1 fully saturated rings. The van der Waals surface area contributed by atoms with Crippen molar-refractivity contribution in [2.75, 3.05) is 0 Å². The number of alkyl carbamates (subject to hydrolysis) is 1. The minimum absolute atomic E-state index is 0.266. The fraction of sp³-hybridized carbons (Fsp3) is 0.462. The molecule has 1 saturated carbocycles. The van der Waals surface area contributed by atoms with Crippen LogP contribution in [0.1, 0.15) is 69.6 Å². The summed E-state index contributed by atoms with van der Waals surface area (Å²) in [6.45, 7) is 3.75. The molecule has 2 aromatic carbocycles. The first-order valence-electron chi connectivity index (χ1n) is 11.4. The van der Waals surface area contributed by atoms with Crippen molar-refractivity contribution in [2.24, 2.45) is 5.92 Å². The van der Waals surface area contributed by atoms with E-state index in [2.05, 4.69) is 5.32 Å². The summed E-state index contributed by atoms with van der Waals surface area (Å²) < 4.78 is 19.8. The van der Waals surface area contributed by atoms with Gasteiger partial charge in [0.15, 0.2) is 0 Å². The lowest BCUT2D eigenvalue weighted by molar-refractivity contribution is -0.140. The van der Waals surface area contributed by atoms with E-state index in [0.717, 1.165) is 37.7 Å². The van der Waals surface area contributed by atoms with E-state index in [-0.39, 0.29) is 5.92 Å². The maximum Gasteiger partial charge on any atom is 0.408 e. The Morgan fingerprint density at radius 3 is 2.48 bits per heavy atom. The lowest BCUT2D eigenvalue weighted by Gasteiger charge is -2.35. The number of halogens is 2. The zero-order valence-electron chi connectivity index (χ0n) is 19.0. The molecule has 0 saturated heterocycles. The van der Waals surface area contributed by atoms with Gasteiger partial charge < -0.3 is 15.2 Å². The molecule has 1 aliphatic carbocycles. The minimum atomic E-state index is -1.09. The fourth-order valence-corrected chi connectivity index (χ4v) is 4.79. The van der Waals surface area contributed by atoms with E-state index in [1.807, 2.05) is 19.9 Å². The molecule has 0 bridgehead atoms. The van der Waals surface area contributed by atoms with E-state index < -0.39 is 35.4 Å². The van der Waals surface area contributed by atoms with Crippen LogP contribution in [0, 0.1) is 11.7 Å². The second-order valence-corrected chi connectivity index (χ2v) is 9.78. The van der Waals surface area contributed by atoms with E-state index in [9.17, 15) is 19.1 Å². The first kappa shape index (κ1) is 25.0. The molecule has 1 aliphatic rings. The van der Waals surface area contributed by atoms with Gasteiger partial charge in [0.1, 0.15) is 18.0 Å². The van der Waals surface area contributed by atoms with Crippen molar-refractivity contribution in [3.8, 4) is 0 Å². The van der Waals surface area contributed by atoms with Crippen LogP contribution < -0.4 is 5.32 Å². The summed E-state index contributed by atoms with van der Waals surface area (Å²) in [5.74, 6) is -1.28. The SMILES string of the molecule is CC(C)(c1cccc(Cl)c1)C(OC(=O)NC(CC1CCCCC1)C(=O)O)c1cccc(F)c1. The lowest BCUT2D eigenvalue weighted by Crippen LogP contribution is -2.44. The van der Waals surface area contributed by atoms with E-state index in [4.69, 9.17) is 16.3 Å². The zero-order valence-corrected chi connectivity index (χ0v) is 19.8. The van der Waals surface area contributed by atoms with Gasteiger partial charge in [0.25, 0.3) is 0 Å². The average molecular weight is 476 g/mol. The van der Waals surface area contributed by atoms with Gasteiger partial charge in [0.2, 0.25) is 0 Å². The van der Waals surface area contributed by atoms with Gasteiger partial charge in [-0.15, -0.1) is 0 Å². The van der Waals surface area contributed by atoms with Crippen LogP contribution in [0.15, 0.2) is 48.5 Å². The van der Waals surface area contributed by atoms with Gasteiger partial charge in [-0.3, -0.25) is 0 Å². The number of hydrogen-bond donors (Lipinski definition) is 2. The second kappa shape index (κ2) is 11.0. The molecule has 7 heteroatoms. The Labute approximate surface area is 199 Å². The molecule has 178 valence electrons. The highest BCUT2D eigenvalue weighted by Crippen LogP contribution is 2.40. The monoisotopic (exact) mass is 475 g/mol. The molecule has 2 unspecified atom stereocenters. The number of hydrogen-bond acceptors (Lipinski definition) is 3. The van der Waals surface area contributed by atoms with Crippen LogP contribution in [0.25, 0.3) is 0 Å². The van der Waals surface area contributed by atoms with E-state index in [1.54, 1.807) is 30.3 Å². The molecule has 0 aromatic heterocycles. The minimum Gasteiger partial charge on any atom is -0.480 e. The molecular formula is C26H31ClFNO4. The quantitative estimate of drug-likeness (QED) is 0.448. The van der Waals surface area contributed by atoms with Crippen molar-refractivity contribution in [1.82, 2.24) is 5.32 Å². The Hall–Kier alpha value is -2.60. The average Bonchev–Trinajstić information content (AvgIpc) is 2.77. The molecule has 0 heterocycles. The predicted octanol–water partition coefficient (Wildman–Crippen LogP) is 6.65. The van der Waals surface area contributed by atoms with Crippen LogP contribution in [-0.2, 0) is 14.9 Å². The summed E-state index contributed by atoms with van der Waals surface area (Å²) in [6, 6.07) is 12.0. The maximum atomic E-state index is 14.0. The van der Waals surface area contributed by atoms with Crippen LogP contribution in [0.2, 0.25) is 5.02 Å². The Morgan fingerprint density at radius 2 is 1.85 bits per heavy atom. The summed E-state index contributed by atoms with van der Waals surface area (Å²) in [5, 5.41) is 12.7. The third kappa shape index (κ3) is 6.70. The van der Waals surface area contributed by atoms with Crippen LogP contribution in [0.4, 0.5) is 9.18 Å². The van der Waals surface area contributed by atoms with Crippen LogP contribution in [0.3, 0.4) is 0 Å². The van der Waals surface area contributed by atoms with Crippen molar-refractivity contribution in [3.63, 3.8) is 0 Å². The number of rotatable bonds is 8. The van der Waals surface area contributed by atoms with Gasteiger partial charge in [-0.1, -0.05) is 81.8 Å². The van der Waals surface area contributed by atoms with Gasteiger partial charge in [-0.05, 0) is 47.7 Å². The first-order chi connectivity index (χ1) is 15.7. The van der Waals surface area contributed by atoms with Crippen molar-refractivity contribution in [1.29, 1.82) is 0 Å². The normalized spacial score (nSPS) is 16.6. The highest BCUT2D eigenvalue weighted by atomic mass is 35.5. The van der Waals surface area contributed by atoms with Crippen molar-refractivity contribution in [2.45, 2.75) is 69.9 Å². The number of carboxylic acid groups (broad SMARTS) is 1. The summed E-state index contributed by atoms with van der Waals surface area (Å²) in [7, 11) is 0. The van der Waals surface area contributed by atoms with Crippen LogP contribution in [-0.4, -0.2) is 23.2 Å². The maximum absolute atomic E-state index is 14.0. The van der Waals surface area contributed by atoms with Gasteiger partial charge in [0, 0.05) is 10.4 Å². The number of aliphatic carboxylic acids is 1. The molecule has 2 atom stereocenters. The Morgan fingerprint density at radius 1 is 1.15 bits per heavy atom. The molecule has 3 rings (SSSR count). The third-order valence-corrected chi connectivity index (χ3v) is 6.72. The second-order valence-electron chi connectivity index (χ2n) is 9.35. The number of nitrogens with one attached hydrogen (secondary N) is 1. The highest BCUT2D eigenvalue weighted by Gasteiger charge is 2.37. The summed E-state index contributed by atoms with van der Waals surface area (Å²) >= 11 is 6.18. The Bertz CT molecular complexity index is 974. The molecule has 0 radical (unpaired) electrons. The van der Waals surface area contributed by atoms with Gasteiger partial charge in [-0.2, -0.15) is 0 Å². The van der Waals surface area contributed by atoms with E-state index in [0.29, 0.717) is 17.0 Å². The molecule has 2 N–H and O–H groups in total. The van der Waals surface area contributed by atoms with Crippen molar-refractivity contribution >= 4 is 23.7 Å². The van der Waals surface area contributed by atoms with Crippen LogP contribution in [0.5, 0.6) is 0 Å². The number of carbonyl (C=O) groups is 2. The van der Waals surface area contributed by atoms with E-state index >= 15 is 0 Å². The molecule has 33 heavy (non-hydrogen) atoms. The molecule has 2 aromatic rings. The van der Waals surface area contributed by atoms with Crippen molar-refractivity contribution in [3.05, 3.63) is 70.5 Å². The smallest absolute Gasteiger partial charge is 0.408 e. The highest BCUT2D eigenvalue weighted by molar-refractivity contribution is 6.30. The van der Waals surface area contributed by atoms with Gasteiger partial charge >= 0.3 is 12.1 Å². The largest absolute Gasteiger partial charge is 0.480 e. The Balaban J connectivity index is 1.83. The molecule has 1 amide bonds. The molecule has 5 nitrogen and oxygen atoms in total. The predicted molar refractivity (Wildman–Crippen MR) is 126 cm³/mol. The number of benzene rings is 2. The summed E-state index contributed by atoms with van der Waals surface area (Å²) in [6.07, 6.45) is 3.90. The molecule has 0 spiro atoms. The standard InChI is InChI=1S/C26H31ClFNO4/c1-26(2,19-11-7-12-20(27)16-19)23(18-10-6-13-21(28)15-18)33-25(32)29-22(24(30)31)14-17-8-4-3-5-9-17/h6-7,10-13,15-17,22-23H,3-5,8-9,14H2,1-2H3,(H,29,32)(H,30,31). The van der Waals surface area contributed by atoms with Gasteiger partial charge in [-0.25, -0.2) is 14.0 Å². The summed E-state index contributed by atoms with van der Waals surface area (Å²) in [5.41, 5.74) is 0.487. The molecular weight excluding hydrogens is 445 g/mol.